The van der Waals surface area contributed by atoms with Crippen LogP contribution in [0.5, 0.6) is 0 Å². The molecule has 0 spiro atoms. The van der Waals surface area contributed by atoms with E-state index in [9.17, 15) is 22.8 Å². The van der Waals surface area contributed by atoms with Gasteiger partial charge in [-0.1, -0.05) is 60.7 Å². The lowest BCUT2D eigenvalue weighted by Crippen LogP contribution is -2.49. The van der Waals surface area contributed by atoms with E-state index in [-0.39, 0.29) is 30.3 Å². The molecule has 0 fully saturated rings. The Morgan fingerprint density at radius 3 is 2.32 bits per heavy atom. The number of halogens is 3. The number of rotatable bonds is 6. The number of hydrogen-bond donors (Lipinski definition) is 2. The highest BCUT2D eigenvalue weighted by Crippen LogP contribution is 2.37. The van der Waals surface area contributed by atoms with Crippen LogP contribution in [0.4, 0.5) is 18.9 Å². The Labute approximate surface area is 214 Å². The predicted molar refractivity (Wildman–Crippen MR) is 138 cm³/mol. The van der Waals surface area contributed by atoms with Gasteiger partial charge in [0.15, 0.2) is 0 Å². The van der Waals surface area contributed by atoms with E-state index in [1.54, 1.807) is 49.1 Å². The van der Waals surface area contributed by atoms with Gasteiger partial charge in [-0.2, -0.15) is 13.2 Å². The standard InChI is InChI=1S/C29H30F3N3O2/c1-28(2,33)17-26(36)34-24-16-15-21-7-3-6-10-25(21)35(27(24)37)18-19-11-13-20(14-12-19)22-8-4-5-9-23(22)29(30,31)32/h3-14,24H,15-18,33H2,1-2H3,(H,34,36). The molecular weight excluding hydrogens is 479 g/mol. The number of carbonyl (C=O) groups is 2. The molecule has 0 radical (unpaired) electrons. The second kappa shape index (κ2) is 10.4. The maximum absolute atomic E-state index is 13.6. The summed E-state index contributed by atoms with van der Waals surface area (Å²) in [7, 11) is 0. The van der Waals surface area contributed by atoms with Crippen LogP contribution < -0.4 is 16.0 Å². The molecule has 1 aliphatic rings. The van der Waals surface area contributed by atoms with Crippen molar-refractivity contribution in [3.8, 4) is 11.1 Å². The molecule has 1 aliphatic heterocycles. The number of nitrogens with two attached hydrogens (primary N) is 1. The summed E-state index contributed by atoms with van der Waals surface area (Å²) in [5, 5.41) is 2.85. The Kier molecular flexibility index (Phi) is 7.41. The molecule has 0 aliphatic carbocycles. The quantitative estimate of drug-likeness (QED) is 0.463. The van der Waals surface area contributed by atoms with Gasteiger partial charge in [-0.05, 0) is 61.1 Å². The molecule has 3 aromatic rings. The number of fused-ring (bicyclic) bond motifs is 1. The summed E-state index contributed by atoms with van der Waals surface area (Å²) >= 11 is 0. The molecule has 1 unspecified atom stereocenters. The maximum Gasteiger partial charge on any atom is 0.417 e. The predicted octanol–water partition coefficient (Wildman–Crippen LogP) is 5.46. The number of carbonyl (C=O) groups excluding carboxylic acids is 2. The summed E-state index contributed by atoms with van der Waals surface area (Å²) in [5.74, 6) is -0.524. The highest BCUT2D eigenvalue weighted by Gasteiger charge is 2.34. The SMILES string of the molecule is CC(C)(N)CC(=O)NC1CCc2ccccc2N(Cc2ccc(-c3ccccc3C(F)(F)F)cc2)C1=O. The number of aryl methyl sites for hydroxylation is 1. The van der Waals surface area contributed by atoms with Crippen LogP contribution >= 0.6 is 0 Å². The van der Waals surface area contributed by atoms with Crippen molar-refractivity contribution >= 4 is 17.5 Å². The van der Waals surface area contributed by atoms with Crippen LogP contribution in [-0.4, -0.2) is 23.4 Å². The monoisotopic (exact) mass is 509 g/mol. The van der Waals surface area contributed by atoms with Crippen molar-refractivity contribution in [2.24, 2.45) is 5.73 Å². The molecule has 0 bridgehead atoms. The molecule has 5 nitrogen and oxygen atoms in total. The van der Waals surface area contributed by atoms with Gasteiger partial charge >= 0.3 is 6.18 Å². The lowest BCUT2D eigenvalue weighted by atomic mass is 9.98. The molecule has 37 heavy (non-hydrogen) atoms. The summed E-state index contributed by atoms with van der Waals surface area (Å²) in [6.45, 7) is 3.71. The molecule has 0 saturated heterocycles. The summed E-state index contributed by atoms with van der Waals surface area (Å²) in [6, 6.07) is 19.1. The second-order valence-electron chi connectivity index (χ2n) is 10.1. The molecule has 1 heterocycles. The zero-order valence-corrected chi connectivity index (χ0v) is 20.8. The average molecular weight is 510 g/mol. The number of alkyl halides is 3. The van der Waals surface area contributed by atoms with Crippen molar-refractivity contribution in [3.05, 3.63) is 89.5 Å². The minimum atomic E-state index is -4.46. The molecule has 194 valence electrons. The lowest BCUT2D eigenvalue weighted by Gasteiger charge is -2.27. The largest absolute Gasteiger partial charge is 0.417 e. The maximum atomic E-state index is 13.6. The van der Waals surface area contributed by atoms with E-state index < -0.39 is 23.3 Å². The fourth-order valence-corrected chi connectivity index (χ4v) is 4.63. The van der Waals surface area contributed by atoms with Crippen LogP contribution in [0.1, 0.15) is 43.4 Å². The van der Waals surface area contributed by atoms with Gasteiger partial charge in [-0.15, -0.1) is 0 Å². The number of nitrogens with one attached hydrogen (secondary N) is 1. The van der Waals surface area contributed by atoms with E-state index in [1.165, 1.54) is 12.1 Å². The van der Waals surface area contributed by atoms with Crippen LogP contribution in [0.15, 0.2) is 72.8 Å². The number of para-hydroxylation sites is 1. The van der Waals surface area contributed by atoms with E-state index in [0.717, 1.165) is 22.9 Å². The molecule has 0 saturated carbocycles. The topological polar surface area (TPSA) is 75.4 Å². The Bertz CT molecular complexity index is 1280. The molecule has 3 aromatic carbocycles. The van der Waals surface area contributed by atoms with Crippen molar-refractivity contribution in [3.63, 3.8) is 0 Å². The van der Waals surface area contributed by atoms with Crippen molar-refractivity contribution in [2.75, 3.05) is 4.90 Å². The number of anilines is 1. The van der Waals surface area contributed by atoms with E-state index in [1.807, 2.05) is 24.3 Å². The zero-order valence-electron chi connectivity index (χ0n) is 20.8. The Hall–Kier alpha value is -3.65. The summed E-state index contributed by atoms with van der Waals surface area (Å²) in [4.78, 5) is 27.8. The first-order valence-corrected chi connectivity index (χ1v) is 12.2. The smallest absolute Gasteiger partial charge is 0.344 e. The summed E-state index contributed by atoms with van der Waals surface area (Å²) in [6.07, 6.45) is -3.31. The molecule has 0 aromatic heterocycles. The molecule has 8 heteroatoms. The first-order valence-electron chi connectivity index (χ1n) is 12.2. The summed E-state index contributed by atoms with van der Waals surface area (Å²) < 4.78 is 40.4. The van der Waals surface area contributed by atoms with Gasteiger partial charge in [0.2, 0.25) is 11.8 Å². The number of benzene rings is 3. The molecule has 4 rings (SSSR count). The van der Waals surface area contributed by atoms with E-state index in [0.29, 0.717) is 18.4 Å². The number of hydrogen-bond acceptors (Lipinski definition) is 3. The molecule has 2 amide bonds. The number of amides is 2. The average Bonchev–Trinajstić information content (AvgIpc) is 2.95. The first kappa shape index (κ1) is 26.4. The fourth-order valence-electron chi connectivity index (χ4n) is 4.63. The zero-order chi connectivity index (χ0) is 26.8. The van der Waals surface area contributed by atoms with Gasteiger partial charge in [0.05, 0.1) is 12.1 Å². The van der Waals surface area contributed by atoms with Crippen molar-refractivity contribution in [2.45, 2.75) is 57.4 Å². The van der Waals surface area contributed by atoms with Crippen LogP contribution in [0.3, 0.4) is 0 Å². The Morgan fingerprint density at radius 1 is 1.00 bits per heavy atom. The van der Waals surface area contributed by atoms with Crippen molar-refractivity contribution in [1.29, 1.82) is 0 Å². The van der Waals surface area contributed by atoms with Crippen LogP contribution in [-0.2, 0) is 28.7 Å². The molecule has 1 atom stereocenters. The van der Waals surface area contributed by atoms with E-state index in [4.69, 9.17) is 5.73 Å². The van der Waals surface area contributed by atoms with Crippen LogP contribution in [0, 0.1) is 0 Å². The second-order valence-corrected chi connectivity index (χ2v) is 10.1. The van der Waals surface area contributed by atoms with Gasteiger partial charge < -0.3 is 16.0 Å². The Morgan fingerprint density at radius 2 is 1.65 bits per heavy atom. The van der Waals surface area contributed by atoms with E-state index >= 15 is 0 Å². The van der Waals surface area contributed by atoms with Crippen molar-refractivity contribution in [1.82, 2.24) is 5.32 Å². The van der Waals surface area contributed by atoms with Gasteiger partial charge in [0.25, 0.3) is 0 Å². The fraction of sp³-hybridized carbons (Fsp3) is 0.310. The van der Waals surface area contributed by atoms with E-state index in [2.05, 4.69) is 5.32 Å². The van der Waals surface area contributed by atoms with Crippen LogP contribution in [0.2, 0.25) is 0 Å². The van der Waals surface area contributed by atoms with Gasteiger partial charge in [-0.3, -0.25) is 9.59 Å². The van der Waals surface area contributed by atoms with Gasteiger partial charge in [-0.25, -0.2) is 0 Å². The normalized spacial score (nSPS) is 16.2. The lowest BCUT2D eigenvalue weighted by molar-refractivity contribution is -0.137. The molecule has 3 N–H and O–H groups in total. The third kappa shape index (κ3) is 6.38. The number of nitrogens with zero attached hydrogens (tertiary/aromatic N) is 1. The molecular formula is C29H30F3N3O2. The third-order valence-corrected chi connectivity index (χ3v) is 6.34. The Balaban J connectivity index is 1.60. The van der Waals surface area contributed by atoms with Gasteiger partial charge in [0.1, 0.15) is 6.04 Å². The summed E-state index contributed by atoms with van der Waals surface area (Å²) in [5.41, 5.74) is 7.62. The highest BCUT2D eigenvalue weighted by molar-refractivity contribution is 6.00. The highest BCUT2D eigenvalue weighted by atomic mass is 19.4. The first-order chi connectivity index (χ1) is 17.4. The van der Waals surface area contributed by atoms with Crippen LogP contribution in [0.25, 0.3) is 11.1 Å². The third-order valence-electron chi connectivity index (χ3n) is 6.34. The van der Waals surface area contributed by atoms with Crippen molar-refractivity contribution < 1.29 is 22.8 Å². The minimum Gasteiger partial charge on any atom is -0.344 e. The minimum absolute atomic E-state index is 0.0879. The van der Waals surface area contributed by atoms with Gasteiger partial charge in [0, 0.05) is 17.6 Å².